The van der Waals surface area contributed by atoms with E-state index < -0.39 is 11.4 Å². The average Bonchev–Trinajstić information content (AvgIpc) is 2.62. The van der Waals surface area contributed by atoms with E-state index in [2.05, 4.69) is 32.6 Å². The Kier molecular flexibility index (Phi) is 3.51. The molecule has 0 radical (unpaired) electrons. The van der Waals surface area contributed by atoms with Crippen LogP contribution in [0.3, 0.4) is 0 Å². The van der Waals surface area contributed by atoms with Crippen LogP contribution in [0.15, 0.2) is 42.7 Å². The van der Waals surface area contributed by atoms with Crippen LogP contribution in [-0.2, 0) is 19.7 Å². The van der Waals surface area contributed by atoms with E-state index in [1.54, 1.807) is 0 Å². The number of ether oxygens (including phenoxy) is 2. The maximum atomic E-state index is 12.0. The minimum absolute atomic E-state index is 0.0207. The molecule has 0 amide bonds. The van der Waals surface area contributed by atoms with Crippen LogP contribution in [0.5, 0.6) is 5.75 Å². The number of phenols is 1. The molecule has 4 nitrogen and oxygen atoms in total. The smallest absolute Gasteiger partial charge is 0.372 e. The summed E-state index contributed by atoms with van der Waals surface area (Å²) in [4.78, 5) is 12.0. The molecule has 23 heavy (non-hydrogen) atoms. The Bertz CT molecular complexity index is 701. The first-order valence-electron chi connectivity index (χ1n) is 7.77. The lowest BCUT2D eigenvalue weighted by Gasteiger charge is -2.47. The van der Waals surface area contributed by atoms with Gasteiger partial charge in [0.15, 0.2) is 5.76 Å². The van der Waals surface area contributed by atoms with Gasteiger partial charge in [-0.25, -0.2) is 4.79 Å². The van der Waals surface area contributed by atoms with E-state index in [-0.39, 0.29) is 29.6 Å². The second-order valence-electron chi connectivity index (χ2n) is 7.05. The first-order valence-corrected chi connectivity index (χ1v) is 7.77. The van der Waals surface area contributed by atoms with Crippen molar-refractivity contribution >= 4 is 5.97 Å². The fourth-order valence-electron chi connectivity index (χ4n) is 3.73. The Morgan fingerprint density at radius 2 is 2.09 bits per heavy atom. The van der Waals surface area contributed by atoms with Crippen LogP contribution in [-0.4, -0.2) is 23.8 Å². The summed E-state index contributed by atoms with van der Waals surface area (Å²) in [5.74, 6) is -0.287. The topological polar surface area (TPSA) is 55.8 Å². The molecule has 1 aliphatic carbocycles. The second kappa shape index (κ2) is 5.15. The largest absolute Gasteiger partial charge is 0.507 e. The molecular formula is C19H22O4. The number of benzene rings is 1. The molecule has 2 aliphatic rings. The number of allylic oxidation sites excluding steroid dienone is 1. The Labute approximate surface area is 136 Å². The Balaban J connectivity index is 2.22. The van der Waals surface area contributed by atoms with Gasteiger partial charge in [-0.3, -0.25) is 0 Å². The van der Waals surface area contributed by atoms with Crippen LogP contribution in [0.25, 0.3) is 0 Å². The van der Waals surface area contributed by atoms with Crippen molar-refractivity contribution in [2.45, 2.75) is 38.7 Å². The summed E-state index contributed by atoms with van der Waals surface area (Å²) in [6.07, 6.45) is 4.43. The molecule has 4 heteroatoms. The number of rotatable bonds is 1. The first-order chi connectivity index (χ1) is 10.8. The van der Waals surface area contributed by atoms with Crippen LogP contribution >= 0.6 is 0 Å². The lowest BCUT2D eigenvalue weighted by Crippen LogP contribution is -2.52. The summed E-state index contributed by atoms with van der Waals surface area (Å²) < 4.78 is 11.4. The third kappa shape index (κ3) is 2.33. The molecule has 1 aliphatic heterocycles. The van der Waals surface area contributed by atoms with Crippen molar-refractivity contribution in [3.05, 3.63) is 53.8 Å². The number of carbonyl (C=O) groups excluding carboxylic acids is 1. The van der Waals surface area contributed by atoms with Crippen molar-refractivity contribution < 1.29 is 19.4 Å². The van der Waals surface area contributed by atoms with Gasteiger partial charge in [0.05, 0.1) is 5.41 Å². The van der Waals surface area contributed by atoms with Crippen LogP contribution < -0.4 is 0 Å². The van der Waals surface area contributed by atoms with E-state index >= 15 is 0 Å². The predicted octanol–water partition coefficient (Wildman–Crippen LogP) is 3.38. The Hall–Kier alpha value is -2.23. The van der Waals surface area contributed by atoms with Gasteiger partial charge in [-0.15, -0.1) is 0 Å². The number of hydrogen-bond donors (Lipinski definition) is 1. The van der Waals surface area contributed by atoms with Gasteiger partial charge < -0.3 is 14.6 Å². The molecule has 1 unspecified atom stereocenters. The van der Waals surface area contributed by atoms with Gasteiger partial charge >= 0.3 is 5.97 Å². The van der Waals surface area contributed by atoms with Gasteiger partial charge in [0.25, 0.3) is 0 Å². The molecule has 0 bridgehead atoms. The standard InChI is InChI=1S/C19H22O4/c1-12-7-5-8-14(15(12)20)19-10-6-9-18(3,4)17(19)23-13(2)16(21)22-11-19/h5-9,17,20H,2,10-11H2,1,3-4H3/t17-,19?/m1/s1. The summed E-state index contributed by atoms with van der Waals surface area (Å²) in [7, 11) is 0. The zero-order valence-corrected chi connectivity index (χ0v) is 13.8. The van der Waals surface area contributed by atoms with Crippen molar-refractivity contribution in [1.29, 1.82) is 0 Å². The fourth-order valence-corrected chi connectivity index (χ4v) is 3.73. The normalized spacial score (nSPS) is 29.3. The third-order valence-electron chi connectivity index (χ3n) is 4.93. The molecular weight excluding hydrogens is 292 g/mol. The van der Waals surface area contributed by atoms with Gasteiger partial charge in [-0.05, 0) is 25.5 Å². The molecule has 2 atom stereocenters. The van der Waals surface area contributed by atoms with Gasteiger partial charge in [0, 0.05) is 11.0 Å². The van der Waals surface area contributed by atoms with Gasteiger partial charge in [0.1, 0.15) is 18.5 Å². The van der Waals surface area contributed by atoms with E-state index in [4.69, 9.17) is 9.47 Å². The molecule has 3 rings (SSSR count). The summed E-state index contributed by atoms with van der Waals surface area (Å²) in [6, 6.07) is 5.65. The molecule has 1 aromatic carbocycles. The predicted molar refractivity (Wildman–Crippen MR) is 87.0 cm³/mol. The SMILES string of the molecule is C=C1O[C@@H]2C(C)(C)C=CCC2(c2cccc(C)c2O)COC1=O. The molecule has 1 fully saturated rings. The van der Waals surface area contributed by atoms with Crippen molar-refractivity contribution in [2.75, 3.05) is 6.61 Å². The zero-order valence-electron chi connectivity index (χ0n) is 13.8. The second-order valence-corrected chi connectivity index (χ2v) is 7.05. The molecule has 1 heterocycles. The highest BCUT2D eigenvalue weighted by molar-refractivity contribution is 5.86. The number of phenolic OH excluding ortho intramolecular Hbond substituents is 1. The van der Waals surface area contributed by atoms with Crippen LogP contribution in [0.2, 0.25) is 0 Å². The number of cyclic esters (lactones) is 1. The van der Waals surface area contributed by atoms with Gasteiger partial charge in [-0.2, -0.15) is 0 Å². The maximum absolute atomic E-state index is 12.0. The van der Waals surface area contributed by atoms with Crippen LogP contribution in [0.1, 0.15) is 31.4 Å². The number of para-hydroxylation sites is 1. The van der Waals surface area contributed by atoms with Crippen molar-refractivity contribution in [2.24, 2.45) is 5.41 Å². The van der Waals surface area contributed by atoms with Crippen molar-refractivity contribution in [3.63, 3.8) is 0 Å². The number of fused-ring (bicyclic) bond motifs is 1. The summed E-state index contributed by atoms with van der Waals surface area (Å²) in [5, 5.41) is 10.6. The summed E-state index contributed by atoms with van der Waals surface area (Å²) >= 11 is 0. The lowest BCUT2D eigenvalue weighted by atomic mass is 9.61. The van der Waals surface area contributed by atoms with E-state index in [9.17, 15) is 9.90 Å². The van der Waals surface area contributed by atoms with Crippen molar-refractivity contribution in [3.8, 4) is 5.75 Å². The van der Waals surface area contributed by atoms with Crippen molar-refractivity contribution in [1.82, 2.24) is 0 Å². The Morgan fingerprint density at radius 1 is 1.35 bits per heavy atom. The molecule has 122 valence electrons. The highest BCUT2D eigenvalue weighted by Gasteiger charge is 2.54. The van der Waals surface area contributed by atoms with E-state index in [0.717, 1.165) is 11.1 Å². The number of carbonyl (C=O) groups is 1. The minimum Gasteiger partial charge on any atom is -0.507 e. The highest BCUT2D eigenvalue weighted by Crippen LogP contribution is 2.51. The number of aromatic hydroxyl groups is 1. The molecule has 0 saturated carbocycles. The molecule has 1 N–H and O–H groups in total. The quantitative estimate of drug-likeness (QED) is 0.490. The monoisotopic (exact) mass is 314 g/mol. The number of aryl methyl sites for hydroxylation is 1. The average molecular weight is 314 g/mol. The minimum atomic E-state index is -0.635. The highest BCUT2D eigenvalue weighted by atomic mass is 16.6. The molecule has 0 spiro atoms. The summed E-state index contributed by atoms with van der Waals surface area (Å²) in [6.45, 7) is 9.81. The third-order valence-corrected chi connectivity index (χ3v) is 4.93. The molecule has 1 saturated heterocycles. The van der Waals surface area contributed by atoms with Gasteiger partial charge in [0.2, 0.25) is 0 Å². The maximum Gasteiger partial charge on any atom is 0.372 e. The summed E-state index contributed by atoms with van der Waals surface area (Å²) in [5.41, 5.74) is 0.578. The number of hydrogen-bond acceptors (Lipinski definition) is 4. The van der Waals surface area contributed by atoms with E-state index in [0.29, 0.717) is 6.42 Å². The van der Waals surface area contributed by atoms with Gasteiger partial charge in [-0.1, -0.05) is 44.2 Å². The number of esters is 1. The fraction of sp³-hybridized carbons (Fsp3) is 0.421. The van der Waals surface area contributed by atoms with E-state index in [1.165, 1.54) is 0 Å². The van der Waals surface area contributed by atoms with Crippen LogP contribution in [0.4, 0.5) is 0 Å². The molecule has 1 aromatic rings. The first kappa shape index (κ1) is 15.7. The zero-order chi connectivity index (χ0) is 16.8. The Morgan fingerprint density at radius 3 is 2.83 bits per heavy atom. The lowest BCUT2D eigenvalue weighted by molar-refractivity contribution is -0.141. The van der Waals surface area contributed by atoms with E-state index in [1.807, 2.05) is 25.1 Å². The van der Waals surface area contributed by atoms with Crippen LogP contribution in [0, 0.1) is 12.3 Å². The molecule has 0 aromatic heterocycles.